The number of hydrogen-bond donors (Lipinski definition) is 0. The zero-order valence-corrected chi connectivity index (χ0v) is 14.5. The van der Waals surface area contributed by atoms with E-state index in [0.29, 0.717) is 0 Å². The molecule has 0 bridgehead atoms. The van der Waals surface area contributed by atoms with Gasteiger partial charge in [0.2, 0.25) is 0 Å². The summed E-state index contributed by atoms with van der Waals surface area (Å²) in [6.07, 6.45) is 0. The number of fused-ring (bicyclic) bond motifs is 1. The summed E-state index contributed by atoms with van der Waals surface area (Å²) in [4.78, 5) is 0. The number of benzene rings is 3. The van der Waals surface area contributed by atoms with Crippen LogP contribution in [0.5, 0.6) is 0 Å². The Morgan fingerprint density at radius 2 is 1.43 bits per heavy atom. The second-order valence-corrected chi connectivity index (χ2v) is 7.76. The van der Waals surface area contributed by atoms with Gasteiger partial charge in [0.05, 0.1) is 0 Å². The summed E-state index contributed by atoms with van der Waals surface area (Å²) in [5.74, 6) is 1.01. The predicted molar refractivity (Wildman–Crippen MR) is 97.9 cm³/mol. The summed E-state index contributed by atoms with van der Waals surface area (Å²) >= 11 is 0.212. The van der Waals surface area contributed by atoms with Gasteiger partial charge >= 0.3 is 142 Å². The molecule has 0 radical (unpaired) electrons. The molecule has 0 N–H and O–H groups in total. The van der Waals surface area contributed by atoms with Gasteiger partial charge in [-0.05, 0) is 0 Å². The molecule has 0 atom stereocenters. The third-order valence-electron chi connectivity index (χ3n) is 3.88. The van der Waals surface area contributed by atoms with E-state index in [2.05, 4.69) is 79.7 Å². The Morgan fingerprint density at radius 1 is 0.739 bits per heavy atom. The predicted octanol–water partition coefficient (Wildman–Crippen LogP) is 4.06. The van der Waals surface area contributed by atoms with E-state index in [4.69, 9.17) is 4.42 Å². The summed E-state index contributed by atoms with van der Waals surface area (Å²) in [6.45, 7) is 2.16. The molecule has 0 unspecified atom stereocenters. The van der Waals surface area contributed by atoms with Crippen molar-refractivity contribution < 1.29 is 4.42 Å². The van der Waals surface area contributed by atoms with Gasteiger partial charge < -0.3 is 0 Å². The Labute approximate surface area is 142 Å². The second kappa shape index (κ2) is 6.08. The van der Waals surface area contributed by atoms with Crippen LogP contribution in [0.4, 0.5) is 0 Å². The monoisotopic (exact) mass is 364 g/mol. The van der Waals surface area contributed by atoms with Crippen LogP contribution in [0.3, 0.4) is 0 Å². The molecule has 0 aliphatic rings. The van der Waals surface area contributed by atoms with Gasteiger partial charge in [-0.15, -0.1) is 0 Å². The summed E-state index contributed by atoms with van der Waals surface area (Å²) in [7, 11) is 0. The zero-order valence-electron chi connectivity index (χ0n) is 12.8. The first-order valence-electron chi connectivity index (χ1n) is 7.63. The molecule has 2 heteroatoms. The first kappa shape index (κ1) is 14.3. The Kier molecular flexibility index (Phi) is 3.78. The number of furan rings is 1. The molecule has 1 nitrogen and oxygen atoms in total. The number of hydrogen-bond acceptors (Lipinski definition) is 1. The fourth-order valence-electron chi connectivity index (χ4n) is 2.77. The van der Waals surface area contributed by atoms with Gasteiger partial charge in [-0.3, -0.25) is 0 Å². The Morgan fingerprint density at radius 3 is 2.17 bits per heavy atom. The minimum atomic E-state index is 0.212. The summed E-state index contributed by atoms with van der Waals surface area (Å²) in [6, 6.07) is 27.4. The van der Waals surface area contributed by atoms with Crippen LogP contribution in [-0.2, 0) is 0 Å². The molecule has 0 spiro atoms. The first-order chi connectivity index (χ1) is 11.3. The molecule has 23 heavy (non-hydrogen) atoms. The summed E-state index contributed by atoms with van der Waals surface area (Å²) in [5, 5.41) is 1.27. The normalized spacial score (nSPS) is 11.0. The van der Waals surface area contributed by atoms with E-state index in [0.717, 1.165) is 16.9 Å². The van der Waals surface area contributed by atoms with E-state index in [9.17, 15) is 0 Å². The van der Waals surface area contributed by atoms with Crippen molar-refractivity contribution in [1.29, 1.82) is 0 Å². The third-order valence-corrected chi connectivity index (χ3v) is 6.19. The molecule has 0 aliphatic heterocycles. The molecular formula is C21H16OSe. The number of rotatable bonds is 3. The van der Waals surface area contributed by atoms with Crippen LogP contribution in [0.25, 0.3) is 22.3 Å². The quantitative estimate of drug-likeness (QED) is 0.500. The van der Waals surface area contributed by atoms with E-state index in [-0.39, 0.29) is 15.0 Å². The van der Waals surface area contributed by atoms with E-state index in [1.807, 2.05) is 6.07 Å². The van der Waals surface area contributed by atoms with Crippen LogP contribution < -0.4 is 8.92 Å². The van der Waals surface area contributed by atoms with E-state index in [1.165, 1.54) is 19.9 Å². The fourth-order valence-corrected chi connectivity index (χ4v) is 5.17. The van der Waals surface area contributed by atoms with Crippen molar-refractivity contribution in [2.45, 2.75) is 6.92 Å². The van der Waals surface area contributed by atoms with Gasteiger partial charge in [-0.25, -0.2) is 0 Å². The van der Waals surface area contributed by atoms with Gasteiger partial charge in [-0.1, -0.05) is 0 Å². The average molecular weight is 363 g/mol. The van der Waals surface area contributed by atoms with Crippen LogP contribution in [-0.4, -0.2) is 15.0 Å². The Balaban J connectivity index is 1.95. The van der Waals surface area contributed by atoms with E-state index < -0.39 is 0 Å². The zero-order chi connectivity index (χ0) is 15.6. The van der Waals surface area contributed by atoms with Crippen molar-refractivity contribution in [2.75, 3.05) is 0 Å². The van der Waals surface area contributed by atoms with E-state index >= 15 is 0 Å². The van der Waals surface area contributed by atoms with Gasteiger partial charge in [0.1, 0.15) is 0 Å². The molecule has 3 aromatic carbocycles. The standard InChI is InChI=1S/C21H16OSe/c1-15-9-8-14-18-19(15)21(23-17-12-6-3-7-13-17)20(22-18)16-10-4-2-5-11-16/h2-14H,1H3. The SMILES string of the molecule is Cc1cccc2oc(-c3ccccc3)c([Se]c3ccccc3)c12. The van der Waals surface area contributed by atoms with Gasteiger partial charge in [-0.2, -0.15) is 0 Å². The molecule has 112 valence electrons. The average Bonchev–Trinajstić information content (AvgIpc) is 2.96. The van der Waals surface area contributed by atoms with Crippen molar-refractivity contribution in [3.05, 3.63) is 84.4 Å². The van der Waals surface area contributed by atoms with Gasteiger partial charge in [0.15, 0.2) is 0 Å². The molecule has 4 aromatic rings. The fraction of sp³-hybridized carbons (Fsp3) is 0.0476. The Bertz CT molecular complexity index is 940. The molecule has 1 aromatic heterocycles. The van der Waals surface area contributed by atoms with Crippen molar-refractivity contribution in [3.8, 4) is 11.3 Å². The van der Waals surface area contributed by atoms with Gasteiger partial charge in [0, 0.05) is 0 Å². The van der Waals surface area contributed by atoms with E-state index in [1.54, 1.807) is 0 Å². The van der Waals surface area contributed by atoms with Crippen LogP contribution in [0.1, 0.15) is 5.56 Å². The molecule has 0 saturated heterocycles. The van der Waals surface area contributed by atoms with Gasteiger partial charge in [0.25, 0.3) is 0 Å². The molecule has 4 rings (SSSR count). The maximum absolute atomic E-state index is 6.25. The maximum atomic E-state index is 6.25. The molecule has 0 amide bonds. The summed E-state index contributed by atoms with van der Waals surface area (Å²) in [5.41, 5.74) is 3.41. The molecular weight excluding hydrogens is 347 g/mol. The number of aryl methyl sites for hydroxylation is 1. The second-order valence-electron chi connectivity index (χ2n) is 5.49. The molecule has 0 saturated carbocycles. The van der Waals surface area contributed by atoms with Crippen LogP contribution in [0.15, 0.2) is 83.3 Å². The van der Waals surface area contributed by atoms with Crippen molar-refractivity contribution in [1.82, 2.24) is 0 Å². The molecule has 0 aliphatic carbocycles. The third kappa shape index (κ3) is 2.72. The van der Waals surface area contributed by atoms with Crippen molar-refractivity contribution in [3.63, 3.8) is 0 Å². The minimum absolute atomic E-state index is 0.212. The van der Waals surface area contributed by atoms with Crippen LogP contribution in [0.2, 0.25) is 0 Å². The molecule has 0 fully saturated rings. The Hall–Kier alpha value is -2.28. The summed E-state index contributed by atoms with van der Waals surface area (Å²) < 4.78 is 8.95. The van der Waals surface area contributed by atoms with Crippen LogP contribution >= 0.6 is 0 Å². The van der Waals surface area contributed by atoms with Crippen LogP contribution in [0, 0.1) is 6.92 Å². The molecule has 1 heterocycles. The topological polar surface area (TPSA) is 13.1 Å². The van der Waals surface area contributed by atoms with Crippen molar-refractivity contribution in [2.24, 2.45) is 0 Å². The first-order valence-corrected chi connectivity index (χ1v) is 9.34. The van der Waals surface area contributed by atoms with Crippen molar-refractivity contribution >= 4 is 34.8 Å².